The van der Waals surface area contributed by atoms with E-state index >= 15 is 0 Å². The van der Waals surface area contributed by atoms with E-state index in [1.165, 1.54) is 12.3 Å². The zero-order valence-electron chi connectivity index (χ0n) is 15.1. The second-order valence-electron chi connectivity index (χ2n) is 5.67. The number of rotatable bonds is 10. The van der Waals surface area contributed by atoms with Gasteiger partial charge in [-0.1, -0.05) is 18.2 Å². The van der Waals surface area contributed by atoms with Gasteiger partial charge in [0.15, 0.2) is 21.5 Å². The van der Waals surface area contributed by atoms with Gasteiger partial charge in [-0.05, 0) is 11.6 Å². The maximum atomic E-state index is 14.0. The van der Waals surface area contributed by atoms with E-state index in [1.807, 2.05) is 0 Å². The summed E-state index contributed by atoms with van der Waals surface area (Å²) in [6.45, 7) is 0.273. The first-order chi connectivity index (χ1) is 13.3. The number of sulfone groups is 1. The summed E-state index contributed by atoms with van der Waals surface area (Å²) in [6, 6.07) is 6.42. The van der Waals surface area contributed by atoms with Gasteiger partial charge in [0.1, 0.15) is 0 Å². The number of hydrogen-bond donors (Lipinski definition) is 5. The van der Waals surface area contributed by atoms with Gasteiger partial charge in [-0.15, -0.1) is 0 Å². The van der Waals surface area contributed by atoms with Crippen molar-refractivity contribution in [3.63, 3.8) is 0 Å². The van der Waals surface area contributed by atoms with Crippen LogP contribution in [0.4, 0.5) is 16.2 Å². The number of aromatic nitrogens is 2. The van der Waals surface area contributed by atoms with E-state index in [0.717, 1.165) is 18.7 Å². The van der Waals surface area contributed by atoms with E-state index in [9.17, 15) is 12.8 Å². The first kappa shape index (κ1) is 21.3. The van der Waals surface area contributed by atoms with Gasteiger partial charge in [-0.2, -0.15) is 4.98 Å². The number of aliphatic hydroxyl groups excluding tert-OH is 1. The van der Waals surface area contributed by atoms with Gasteiger partial charge in [-0.25, -0.2) is 17.8 Å². The largest absolute Gasteiger partial charge is 0.395 e. The van der Waals surface area contributed by atoms with Gasteiger partial charge in [0, 0.05) is 31.8 Å². The smallest absolute Gasteiger partial charge is 0.229 e. The minimum Gasteiger partial charge on any atom is -0.395 e. The van der Waals surface area contributed by atoms with Crippen LogP contribution < -0.4 is 16.0 Å². The molecule has 0 aliphatic heterocycles. The molecule has 11 heteroatoms. The molecule has 9 nitrogen and oxygen atoms in total. The van der Waals surface area contributed by atoms with Crippen molar-refractivity contribution in [2.24, 2.45) is 0 Å². The molecule has 0 bridgehead atoms. The van der Waals surface area contributed by atoms with Gasteiger partial charge < -0.3 is 26.5 Å². The second kappa shape index (κ2) is 9.76. The number of benzene rings is 1. The highest BCUT2D eigenvalue weighted by atomic mass is 32.2. The molecular formula is C17H21FN6O3S. The summed E-state index contributed by atoms with van der Waals surface area (Å²) in [5, 5.41) is 24.4. The van der Waals surface area contributed by atoms with Crippen LogP contribution >= 0.6 is 0 Å². The minimum absolute atomic E-state index is 0.0425. The second-order valence-corrected chi connectivity index (χ2v) is 7.65. The number of allylic oxidation sites excluding steroid dienone is 1. The molecule has 2 rings (SSSR count). The van der Waals surface area contributed by atoms with Crippen LogP contribution in [0.5, 0.6) is 0 Å². The highest BCUT2D eigenvalue weighted by Gasteiger charge is 2.14. The van der Waals surface area contributed by atoms with Gasteiger partial charge in [0.05, 0.1) is 23.4 Å². The molecule has 0 radical (unpaired) electrons. The lowest BCUT2D eigenvalue weighted by Crippen LogP contribution is -2.15. The van der Waals surface area contributed by atoms with Gasteiger partial charge >= 0.3 is 0 Å². The van der Waals surface area contributed by atoms with Crippen molar-refractivity contribution < 1.29 is 17.9 Å². The van der Waals surface area contributed by atoms with E-state index < -0.39 is 15.7 Å². The van der Waals surface area contributed by atoms with E-state index in [2.05, 4.69) is 25.9 Å². The van der Waals surface area contributed by atoms with Crippen molar-refractivity contribution in [1.29, 1.82) is 5.41 Å². The zero-order chi connectivity index (χ0) is 20.6. The lowest BCUT2D eigenvalue weighted by Gasteiger charge is -2.12. The quantitative estimate of drug-likeness (QED) is 0.291. The predicted octanol–water partition coefficient (Wildman–Crippen LogP) is 1.12. The fraction of sp³-hybridized carbons (Fsp3) is 0.235. The topological polar surface area (TPSA) is 140 Å². The molecule has 2 aromatic rings. The number of anilines is 2. The van der Waals surface area contributed by atoms with Crippen molar-refractivity contribution in [3.05, 3.63) is 53.7 Å². The average molecular weight is 408 g/mol. The molecule has 28 heavy (non-hydrogen) atoms. The third-order valence-electron chi connectivity index (χ3n) is 3.49. The van der Waals surface area contributed by atoms with Crippen molar-refractivity contribution >= 4 is 27.8 Å². The maximum absolute atomic E-state index is 14.0. The van der Waals surface area contributed by atoms with Crippen LogP contribution in [0.1, 0.15) is 5.56 Å². The summed E-state index contributed by atoms with van der Waals surface area (Å²) in [6.07, 6.45) is 4.52. The monoisotopic (exact) mass is 408 g/mol. The van der Waals surface area contributed by atoms with Gasteiger partial charge in [0.25, 0.3) is 0 Å². The number of nitrogens with zero attached hydrogens (tertiary/aromatic N) is 2. The Balaban J connectivity index is 2.16. The molecule has 0 saturated carbocycles. The molecule has 5 N–H and O–H groups in total. The number of hydrogen-bond acceptors (Lipinski definition) is 9. The summed E-state index contributed by atoms with van der Waals surface area (Å²) >= 11 is 0. The Labute approximate surface area is 162 Å². The molecule has 0 atom stereocenters. The fourth-order valence-corrected chi connectivity index (χ4v) is 3.17. The highest BCUT2D eigenvalue weighted by molar-refractivity contribution is 7.90. The summed E-state index contributed by atoms with van der Waals surface area (Å²) in [5.41, 5.74) is 0.777. The lowest BCUT2D eigenvalue weighted by atomic mass is 10.2. The first-order valence-corrected chi connectivity index (χ1v) is 10.1. The summed E-state index contributed by atoms with van der Waals surface area (Å²) in [5.74, 6) is -0.782. The number of halogens is 1. The molecule has 1 heterocycles. The number of aliphatic hydroxyl groups is 1. The Morgan fingerprint density at radius 3 is 2.79 bits per heavy atom. The van der Waals surface area contributed by atoms with Crippen LogP contribution in [0.25, 0.3) is 0 Å². The highest BCUT2D eigenvalue weighted by Crippen LogP contribution is 2.18. The predicted molar refractivity (Wildman–Crippen MR) is 104 cm³/mol. The van der Waals surface area contributed by atoms with E-state index in [1.54, 1.807) is 18.2 Å². The van der Waals surface area contributed by atoms with E-state index in [-0.39, 0.29) is 29.8 Å². The third-order valence-corrected chi connectivity index (χ3v) is 4.69. The molecule has 150 valence electrons. The standard InChI is InChI=1S/C17H21FN6O3S/c1-28(26,27)15-5-3-2-4-12(15)9-21-16-14(18)11-22-17(24-16)23-13(8-19)10-20-6-7-25/h2-5,8,10-11,19-20,25H,6-7,9H2,1H3,(H2,21,22,23,24)/b13-10+,19-8?. The normalized spacial score (nSPS) is 11.8. The zero-order valence-corrected chi connectivity index (χ0v) is 15.9. The molecule has 0 amide bonds. The van der Waals surface area contributed by atoms with Crippen molar-refractivity contribution in [2.45, 2.75) is 11.4 Å². The minimum atomic E-state index is -3.42. The summed E-state index contributed by atoms with van der Waals surface area (Å²) < 4.78 is 37.8. The molecule has 0 aliphatic carbocycles. The molecule has 0 spiro atoms. The van der Waals surface area contributed by atoms with Crippen LogP contribution in [0.2, 0.25) is 0 Å². The van der Waals surface area contributed by atoms with Crippen molar-refractivity contribution in [3.8, 4) is 0 Å². The van der Waals surface area contributed by atoms with Crippen molar-refractivity contribution in [1.82, 2.24) is 15.3 Å². The van der Waals surface area contributed by atoms with Crippen LogP contribution in [0.15, 0.2) is 47.3 Å². The van der Waals surface area contributed by atoms with Gasteiger partial charge in [-0.3, -0.25) is 0 Å². The summed E-state index contributed by atoms with van der Waals surface area (Å²) in [7, 11) is -3.42. The molecule has 1 aromatic carbocycles. The molecule has 0 saturated heterocycles. The van der Waals surface area contributed by atoms with Crippen molar-refractivity contribution in [2.75, 3.05) is 30.0 Å². The molecular weight excluding hydrogens is 387 g/mol. The van der Waals surface area contributed by atoms with Crippen LogP contribution in [-0.2, 0) is 16.4 Å². The number of nitrogens with one attached hydrogen (secondary N) is 4. The van der Waals surface area contributed by atoms with E-state index in [0.29, 0.717) is 17.8 Å². The third kappa shape index (κ3) is 5.99. The van der Waals surface area contributed by atoms with Crippen LogP contribution in [0, 0.1) is 11.2 Å². The Morgan fingerprint density at radius 2 is 2.11 bits per heavy atom. The first-order valence-electron chi connectivity index (χ1n) is 8.21. The fourth-order valence-electron chi connectivity index (χ4n) is 2.23. The molecule has 0 aliphatic rings. The molecule has 0 fully saturated rings. The SMILES string of the molecule is CS(=O)(=O)c1ccccc1CNc1nc(N/C(C=N)=C/NCCO)ncc1F. The van der Waals surface area contributed by atoms with Crippen LogP contribution in [0.3, 0.4) is 0 Å². The maximum Gasteiger partial charge on any atom is 0.229 e. The Morgan fingerprint density at radius 1 is 1.36 bits per heavy atom. The summed E-state index contributed by atoms with van der Waals surface area (Å²) in [4.78, 5) is 7.98. The Bertz CT molecular complexity index is 965. The Kier molecular flexibility index (Phi) is 7.41. The molecule has 1 aromatic heterocycles. The molecule has 0 unspecified atom stereocenters. The van der Waals surface area contributed by atoms with Gasteiger partial charge in [0.2, 0.25) is 5.95 Å². The average Bonchev–Trinajstić information content (AvgIpc) is 2.67. The Hall–Kier alpha value is -3.05. The van der Waals surface area contributed by atoms with E-state index in [4.69, 9.17) is 10.5 Å². The van der Waals surface area contributed by atoms with Crippen LogP contribution in [-0.4, -0.2) is 49.1 Å². The lowest BCUT2D eigenvalue weighted by molar-refractivity contribution is 0.298.